The molecule has 1 fully saturated rings. The Bertz CT molecular complexity index is 1490. The first-order chi connectivity index (χ1) is 16.7. The number of carbonyl (C=O) groups is 1. The second kappa shape index (κ2) is 8.45. The maximum atomic E-state index is 14.4. The van der Waals surface area contributed by atoms with E-state index in [1.807, 2.05) is 51.9 Å². The predicted octanol–water partition coefficient (Wildman–Crippen LogP) is 5.72. The average molecular weight is 453 g/mol. The number of para-hydroxylation sites is 1. The molecule has 0 saturated carbocycles. The summed E-state index contributed by atoms with van der Waals surface area (Å²) >= 11 is 0. The molecule has 5 aromatic rings. The van der Waals surface area contributed by atoms with Gasteiger partial charge in [0.1, 0.15) is 17.2 Å². The van der Waals surface area contributed by atoms with Crippen molar-refractivity contribution >= 4 is 27.8 Å². The third kappa shape index (κ3) is 3.55. The van der Waals surface area contributed by atoms with Gasteiger partial charge in [-0.1, -0.05) is 36.4 Å². The number of hydrogen-bond donors (Lipinski definition) is 1. The number of nitrogens with one attached hydrogen (secondary N) is 1. The lowest BCUT2D eigenvalue weighted by atomic mass is 9.89. The molecule has 0 bridgehead atoms. The van der Waals surface area contributed by atoms with Gasteiger partial charge in [-0.25, -0.2) is 9.37 Å². The van der Waals surface area contributed by atoms with E-state index in [-0.39, 0.29) is 11.7 Å². The largest absolute Gasteiger partial charge is 0.346 e. The van der Waals surface area contributed by atoms with Gasteiger partial charge in [0.05, 0.1) is 6.54 Å². The fourth-order valence-corrected chi connectivity index (χ4v) is 5.23. The SMILES string of the molecule is O=C(c1cc2ccccc2n1Cc1ccccc1F)N1CCC(c2c[nH]c3ncccc23)CC1. The number of aromatic nitrogens is 3. The highest BCUT2D eigenvalue weighted by Gasteiger charge is 2.28. The molecular formula is C28H25FN4O. The van der Waals surface area contributed by atoms with Crippen molar-refractivity contribution in [1.82, 2.24) is 19.4 Å². The molecule has 6 rings (SSSR count). The van der Waals surface area contributed by atoms with Gasteiger partial charge in [-0.05, 0) is 54.7 Å². The van der Waals surface area contributed by atoms with Crippen LogP contribution < -0.4 is 0 Å². The first kappa shape index (κ1) is 20.7. The lowest BCUT2D eigenvalue weighted by molar-refractivity contribution is 0.0703. The number of nitrogens with zero attached hydrogens (tertiary/aromatic N) is 3. The molecule has 1 aliphatic rings. The summed E-state index contributed by atoms with van der Waals surface area (Å²) in [6, 6.07) is 20.7. The summed E-state index contributed by atoms with van der Waals surface area (Å²) in [6.45, 7) is 1.70. The van der Waals surface area contributed by atoms with Crippen LogP contribution in [0.2, 0.25) is 0 Å². The van der Waals surface area contributed by atoms with E-state index in [0.717, 1.165) is 34.8 Å². The molecule has 2 aromatic carbocycles. The molecule has 3 aromatic heterocycles. The van der Waals surface area contributed by atoms with Crippen LogP contribution in [0, 0.1) is 5.82 Å². The molecule has 1 amide bonds. The van der Waals surface area contributed by atoms with Crippen molar-refractivity contribution in [2.45, 2.75) is 25.3 Å². The summed E-state index contributed by atoms with van der Waals surface area (Å²) < 4.78 is 16.4. The van der Waals surface area contributed by atoms with Crippen molar-refractivity contribution in [3.8, 4) is 0 Å². The van der Waals surface area contributed by atoms with Crippen molar-refractivity contribution in [3.63, 3.8) is 0 Å². The van der Waals surface area contributed by atoms with Crippen LogP contribution in [0.3, 0.4) is 0 Å². The van der Waals surface area contributed by atoms with Crippen LogP contribution in [-0.4, -0.2) is 38.4 Å². The minimum absolute atomic E-state index is 0.00610. The number of aromatic amines is 1. The van der Waals surface area contributed by atoms with Crippen LogP contribution in [0.4, 0.5) is 4.39 Å². The zero-order chi connectivity index (χ0) is 23.1. The van der Waals surface area contributed by atoms with Crippen LogP contribution in [0.5, 0.6) is 0 Å². The molecule has 170 valence electrons. The van der Waals surface area contributed by atoms with Crippen molar-refractivity contribution in [2.75, 3.05) is 13.1 Å². The Morgan fingerprint density at radius 2 is 1.82 bits per heavy atom. The Kier molecular flexibility index (Phi) is 5.13. The summed E-state index contributed by atoms with van der Waals surface area (Å²) in [6.07, 6.45) is 5.67. The van der Waals surface area contributed by atoms with Crippen LogP contribution in [-0.2, 0) is 6.54 Å². The quantitative estimate of drug-likeness (QED) is 0.379. The minimum atomic E-state index is -0.257. The molecule has 1 saturated heterocycles. The lowest BCUT2D eigenvalue weighted by Crippen LogP contribution is -2.38. The smallest absolute Gasteiger partial charge is 0.270 e. The van der Waals surface area contributed by atoms with Gasteiger partial charge < -0.3 is 14.5 Å². The van der Waals surface area contributed by atoms with E-state index in [9.17, 15) is 9.18 Å². The summed E-state index contributed by atoms with van der Waals surface area (Å²) in [5.41, 5.74) is 4.32. The number of hydrogen-bond acceptors (Lipinski definition) is 2. The van der Waals surface area contributed by atoms with E-state index in [0.29, 0.717) is 36.8 Å². The van der Waals surface area contributed by atoms with Crippen molar-refractivity contribution < 1.29 is 9.18 Å². The van der Waals surface area contributed by atoms with Crippen LogP contribution in [0.25, 0.3) is 21.9 Å². The number of piperidine rings is 1. The normalized spacial score (nSPS) is 14.8. The number of H-pyrrole nitrogens is 1. The number of likely N-dealkylation sites (tertiary alicyclic amines) is 1. The fraction of sp³-hybridized carbons (Fsp3) is 0.214. The van der Waals surface area contributed by atoms with E-state index < -0.39 is 0 Å². The zero-order valence-electron chi connectivity index (χ0n) is 18.7. The number of halogens is 1. The van der Waals surface area contributed by atoms with Gasteiger partial charge in [0, 0.05) is 47.3 Å². The zero-order valence-corrected chi connectivity index (χ0v) is 18.7. The summed E-state index contributed by atoms with van der Waals surface area (Å²) in [5, 5.41) is 2.15. The molecule has 1 aliphatic heterocycles. The van der Waals surface area contributed by atoms with E-state index in [1.54, 1.807) is 18.3 Å². The number of carbonyl (C=O) groups excluding carboxylic acids is 1. The molecule has 34 heavy (non-hydrogen) atoms. The molecule has 1 N–H and O–H groups in total. The first-order valence-corrected chi connectivity index (χ1v) is 11.7. The number of rotatable bonds is 4. The second-order valence-corrected chi connectivity index (χ2v) is 8.98. The maximum Gasteiger partial charge on any atom is 0.270 e. The summed E-state index contributed by atoms with van der Waals surface area (Å²) in [4.78, 5) is 23.3. The molecule has 6 heteroatoms. The number of fused-ring (bicyclic) bond motifs is 2. The minimum Gasteiger partial charge on any atom is -0.346 e. The standard InChI is InChI=1S/C28H25FN4O/c29-24-9-3-1-7-21(24)18-33-25-10-4-2-6-20(25)16-26(33)28(34)32-14-11-19(12-15-32)23-17-31-27-22(23)8-5-13-30-27/h1-10,13,16-17,19H,11-12,14-15,18H2,(H,30,31). The third-order valence-electron chi connectivity index (χ3n) is 7.02. The Hall–Kier alpha value is -3.93. The van der Waals surface area contributed by atoms with Crippen LogP contribution >= 0.6 is 0 Å². The van der Waals surface area contributed by atoms with E-state index >= 15 is 0 Å². The van der Waals surface area contributed by atoms with Gasteiger partial charge in [0.25, 0.3) is 5.91 Å². The lowest BCUT2D eigenvalue weighted by Gasteiger charge is -2.32. The monoisotopic (exact) mass is 452 g/mol. The van der Waals surface area contributed by atoms with E-state index in [1.165, 1.54) is 11.6 Å². The van der Waals surface area contributed by atoms with Gasteiger partial charge in [0.2, 0.25) is 0 Å². The molecule has 0 radical (unpaired) electrons. The van der Waals surface area contributed by atoms with Crippen LogP contribution in [0.1, 0.15) is 40.4 Å². The predicted molar refractivity (Wildman–Crippen MR) is 131 cm³/mol. The Balaban J connectivity index is 1.27. The van der Waals surface area contributed by atoms with Gasteiger partial charge in [-0.3, -0.25) is 4.79 Å². The second-order valence-electron chi connectivity index (χ2n) is 8.98. The van der Waals surface area contributed by atoms with Gasteiger partial charge in [-0.2, -0.15) is 0 Å². The van der Waals surface area contributed by atoms with Gasteiger partial charge >= 0.3 is 0 Å². The van der Waals surface area contributed by atoms with Gasteiger partial charge in [0.15, 0.2) is 0 Å². The third-order valence-corrected chi connectivity index (χ3v) is 7.02. The molecule has 4 heterocycles. The maximum absolute atomic E-state index is 14.4. The average Bonchev–Trinajstić information content (AvgIpc) is 3.47. The van der Waals surface area contributed by atoms with Crippen LogP contribution in [0.15, 0.2) is 79.1 Å². The van der Waals surface area contributed by atoms with Crippen molar-refractivity contribution in [2.24, 2.45) is 0 Å². The van der Waals surface area contributed by atoms with Crippen molar-refractivity contribution in [3.05, 3.63) is 102 Å². The highest BCUT2D eigenvalue weighted by atomic mass is 19.1. The molecule has 0 spiro atoms. The molecule has 0 unspecified atom stereocenters. The number of benzene rings is 2. The van der Waals surface area contributed by atoms with Gasteiger partial charge in [-0.15, -0.1) is 0 Å². The Morgan fingerprint density at radius 3 is 2.68 bits per heavy atom. The summed E-state index contributed by atoms with van der Waals surface area (Å²) in [7, 11) is 0. The topological polar surface area (TPSA) is 53.9 Å². The van der Waals surface area contributed by atoms with E-state index in [4.69, 9.17) is 0 Å². The highest BCUT2D eigenvalue weighted by Crippen LogP contribution is 2.33. The molecule has 0 atom stereocenters. The highest BCUT2D eigenvalue weighted by molar-refractivity contribution is 5.99. The number of amides is 1. The Labute approximate surface area is 196 Å². The molecular weight excluding hydrogens is 427 g/mol. The first-order valence-electron chi connectivity index (χ1n) is 11.7. The Morgan fingerprint density at radius 1 is 1.03 bits per heavy atom. The van der Waals surface area contributed by atoms with Crippen molar-refractivity contribution in [1.29, 1.82) is 0 Å². The molecule has 0 aliphatic carbocycles. The molecule has 5 nitrogen and oxygen atoms in total. The van der Waals surface area contributed by atoms with E-state index in [2.05, 4.69) is 22.2 Å². The fourth-order valence-electron chi connectivity index (χ4n) is 5.23. The number of pyridine rings is 1. The summed E-state index contributed by atoms with van der Waals surface area (Å²) in [5.74, 6) is 0.144.